The van der Waals surface area contributed by atoms with Crippen LogP contribution in [0.1, 0.15) is 27.7 Å². The predicted octanol–water partition coefficient (Wildman–Crippen LogP) is 5.14. The van der Waals surface area contributed by atoms with E-state index >= 15 is 0 Å². The molecule has 2 aromatic carbocycles. The second-order valence-electron chi connectivity index (χ2n) is 7.40. The summed E-state index contributed by atoms with van der Waals surface area (Å²) in [6.45, 7) is 6.71. The smallest absolute Gasteiger partial charge is 0.408 e. The van der Waals surface area contributed by atoms with Gasteiger partial charge in [0.2, 0.25) is 5.91 Å². The van der Waals surface area contributed by atoms with Crippen LogP contribution in [0.15, 0.2) is 47.4 Å². The topological polar surface area (TPSA) is 79.5 Å². The fourth-order valence-corrected chi connectivity index (χ4v) is 2.84. The zero-order valence-corrected chi connectivity index (χ0v) is 17.9. The van der Waals surface area contributed by atoms with Gasteiger partial charge < -0.3 is 20.7 Å². The number of hydrogen-bond acceptors (Lipinski definition) is 5. The van der Waals surface area contributed by atoms with E-state index in [1.807, 2.05) is 30.5 Å². The first-order valence-electron chi connectivity index (χ1n) is 9.08. The van der Waals surface area contributed by atoms with Gasteiger partial charge in [-0.15, -0.1) is 11.8 Å². The van der Waals surface area contributed by atoms with Crippen LogP contribution in [0.4, 0.5) is 26.2 Å². The fourth-order valence-electron chi connectivity index (χ4n) is 2.38. The van der Waals surface area contributed by atoms with Crippen molar-refractivity contribution in [2.45, 2.75) is 44.2 Å². The van der Waals surface area contributed by atoms with Gasteiger partial charge in [0.15, 0.2) is 0 Å². The van der Waals surface area contributed by atoms with E-state index in [0.717, 1.165) is 10.6 Å². The summed E-state index contributed by atoms with van der Waals surface area (Å²) in [5, 5.41) is 8.30. The van der Waals surface area contributed by atoms with Gasteiger partial charge in [-0.25, -0.2) is 9.18 Å². The number of carbonyl (C=O) groups excluding carboxylic acids is 2. The molecule has 3 N–H and O–H groups in total. The molecular weight excluding hydrogens is 393 g/mol. The molecule has 1 unspecified atom stereocenters. The van der Waals surface area contributed by atoms with Gasteiger partial charge in [0.05, 0.1) is 11.4 Å². The Hall–Kier alpha value is -2.74. The number of amides is 2. The van der Waals surface area contributed by atoms with E-state index in [-0.39, 0.29) is 5.69 Å². The molecule has 0 fully saturated rings. The summed E-state index contributed by atoms with van der Waals surface area (Å²) in [6.07, 6.45) is 1.27. The minimum absolute atomic E-state index is 0.266. The van der Waals surface area contributed by atoms with E-state index < -0.39 is 29.5 Å². The average molecular weight is 420 g/mol. The summed E-state index contributed by atoms with van der Waals surface area (Å²) in [5.41, 5.74) is 0.925. The first-order valence-corrected chi connectivity index (χ1v) is 10.3. The van der Waals surface area contributed by atoms with Crippen LogP contribution in [0.2, 0.25) is 0 Å². The van der Waals surface area contributed by atoms with E-state index in [2.05, 4.69) is 16.0 Å². The quantitative estimate of drug-likeness (QED) is 0.565. The van der Waals surface area contributed by atoms with E-state index in [9.17, 15) is 14.0 Å². The lowest BCUT2D eigenvalue weighted by Gasteiger charge is -2.22. The SMILES string of the molecule is CSc1cccc(Nc2ccc(F)cc2NC(=O)C(C)NC(=O)OC(C)(C)C)c1. The fraction of sp³-hybridized carbons (Fsp3) is 0.333. The van der Waals surface area contributed by atoms with Crippen LogP contribution < -0.4 is 16.0 Å². The standard InChI is InChI=1S/C21H26FN3O3S/c1-13(23-20(27)28-21(2,3)4)19(26)25-18-11-14(22)9-10-17(18)24-15-7-6-8-16(12-15)29-5/h6-13,24H,1-5H3,(H,23,27)(H,25,26). The van der Waals surface area contributed by atoms with Crippen molar-refractivity contribution in [3.8, 4) is 0 Å². The Morgan fingerprint density at radius 3 is 2.48 bits per heavy atom. The van der Waals surface area contributed by atoms with Crippen molar-refractivity contribution in [1.82, 2.24) is 5.32 Å². The number of alkyl carbamates (subject to hydrolysis) is 1. The number of ether oxygens (including phenoxy) is 1. The van der Waals surface area contributed by atoms with E-state index in [4.69, 9.17) is 4.74 Å². The third kappa shape index (κ3) is 7.30. The van der Waals surface area contributed by atoms with Gasteiger partial charge in [-0.1, -0.05) is 6.07 Å². The largest absolute Gasteiger partial charge is 0.444 e. The highest BCUT2D eigenvalue weighted by Crippen LogP contribution is 2.28. The van der Waals surface area contributed by atoms with Crippen LogP contribution in [-0.4, -0.2) is 29.9 Å². The molecule has 2 aromatic rings. The third-order valence-corrected chi connectivity index (χ3v) is 4.44. The van der Waals surface area contributed by atoms with Crippen molar-refractivity contribution in [2.75, 3.05) is 16.9 Å². The molecule has 29 heavy (non-hydrogen) atoms. The molecule has 0 aliphatic carbocycles. The van der Waals surface area contributed by atoms with Crippen LogP contribution in [0.25, 0.3) is 0 Å². The second-order valence-corrected chi connectivity index (χ2v) is 8.28. The monoisotopic (exact) mass is 419 g/mol. The molecule has 2 rings (SSSR count). The van der Waals surface area contributed by atoms with Gasteiger partial charge in [-0.05, 0) is 70.3 Å². The summed E-state index contributed by atoms with van der Waals surface area (Å²) in [5.74, 6) is -0.987. The molecule has 0 aromatic heterocycles. The Morgan fingerprint density at radius 2 is 1.83 bits per heavy atom. The molecule has 2 amide bonds. The maximum absolute atomic E-state index is 13.8. The van der Waals surface area contributed by atoms with Gasteiger partial charge in [-0.2, -0.15) is 0 Å². The second kappa shape index (κ2) is 9.65. The number of anilines is 3. The molecule has 0 bridgehead atoms. The number of halogens is 1. The minimum atomic E-state index is -0.874. The molecule has 0 saturated heterocycles. The summed E-state index contributed by atoms with van der Waals surface area (Å²) in [7, 11) is 0. The Kier molecular flexibility index (Phi) is 7.50. The summed E-state index contributed by atoms with van der Waals surface area (Å²) in [4.78, 5) is 25.4. The first kappa shape index (κ1) is 22.5. The normalized spacial score (nSPS) is 12.1. The van der Waals surface area contributed by atoms with E-state index in [0.29, 0.717) is 5.69 Å². The zero-order valence-electron chi connectivity index (χ0n) is 17.1. The zero-order chi connectivity index (χ0) is 21.6. The number of thioether (sulfide) groups is 1. The molecule has 8 heteroatoms. The summed E-state index contributed by atoms with van der Waals surface area (Å²) >= 11 is 1.60. The summed E-state index contributed by atoms with van der Waals surface area (Å²) in [6, 6.07) is 10.9. The molecule has 0 radical (unpaired) electrons. The maximum Gasteiger partial charge on any atom is 0.408 e. The number of benzene rings is 2. The summed E-state index contributed by atoms with van der Waals surface area (Å²) < 4.78 is 18.9. The van der Waals surface area contributed by atoms with Crippen molar-refractivity contribution in [3.05, 3.63) is 48.3 Å². The molecule has 1 atom stereocenters. The highest BCUT2D eigenvalue weighted by atomic mass is 32.2. The van der Waals surface area contributed by atoms with Crippen molar-refractivity contribution >= 4 is 40.8 Å². The van der Waals surface area contributed by atoms with Gasteiger partial charge in [0, 0.05) is 10.6 Å². The lowest BCUT2D eigenvalue weighted by molar-refractivity contribution is -0.117. The molecule has 0 aliphatic rings. The van der Waals surface area contributed by atoms with Crippen molar-refractivity contribution < 1.29 is 18.7 Å². The first-order chi connectivity index (χ1) is 13.6. The van der Waals surface area contributed by atoms with Crippen LogP contribution in [0.3, 0.4) is 0 Å². The number of hydrogen-bond donors (Lipinski definition) is 3. The molecule has 0 aliphatic heterocycles. The predicted molar refractivity (Wildman–Crippen MR) is 115 cm³/mol. The van der Waals surface area contributed by atoms with Gasteiger partial charge in [-0.3, -0.25) is 4.79 Å². The van der Waals surface area contributed by atoms with Crippen LogP contribution in [0.5, 0.6) is 0 Å². The number of nitrogens with one attached hydrogen (secondary N) is 3. The highest BCUT2D eigenvalue weighted by molar-refractivity contribution is 7.98. The lowest BCUT2D eigenvalue weighted by atomic mass is 10.2. The molecular formula is C21H26FN3O3S. The van der Waals surface area contributed by atoms with Gasteiger partial charge >= 0.3 is 6.09 Å². The molecule has 0 heterocycles. The third-order valence-electron chi connectivity index (χ3n) is 3.71. The average Bonchev–Trinajstić information content (AvgIpc) is 2.62. The number of rotatable bonds is 6. The van der Waals surface area contributed by atoms with Crippen LogP contribution in [-0.2, 0) is 9.53 Å². The number of carbonyl (C=O) groups is 2. The Balaban J connectivity index is 2.12. The van der Waals surface area contributed by atoms with Crippen LogP contribution >= 0.6 is 11.8 Å². The molecule has 6 nitrogen and oxygen atoms in total. The van der Waals surface area contributed by atoms with Gasteiger partial charge in [0.25, 0.3) is 0 Å². The van der Waals surface area contributed by atoms with Crippen molar-refractivity contribution in [1.29, 1.82) is 0 Å². The molecule has 156 valence electrons. The van der Waals surface area contributed by atoms with Gasteiger partial charge in [0.1, 0.15) is 17.5 Å². The Morgan fingerprint density at radius 1 is 1.10 bits per heavy atom. The molecule has 0 saturated carbocycles. The van der Waals surface area contributed by atoms with Crippen molar-refractivity contribution in [2.24, 2.45) is 0 Å². The molecule has 0 spiro atoms. The maximum atomic E-state index is 13.8. The highest BCUT2D eigenvalue weighted by Gasteiger charge is 2.21. The Bertz CT molecular complexity index is 884. The van der Waals surface area contributed by atoms with Crippen LogP contribution in [0, 0.1) is 5.82 Å². The van der Waals surface area contributed by atoms with E-state index in [1.54, 1.807) is 38.6 Å². The lowest BCUT2D eigenvalue weighted by Crippen LogP contribution is -2.44. The Labute approximate surface area is 174 Å². The minimum Gasteiger partial charge on any atom is -0.444 e. The van der Waals surface area contributed by atoms with E-state index in [1.165, 1.54) is 19.1 Å². The van der Waals surface area contributed by atoms with Crippen molar-refractivity contribution in [3.63, 3.8) is 0 Å².